The van der Waals surface area contributed by atoms with E-state index in [0.717, 1.165) is 0 Å². The van der Waals surface area contributed by atoms with Crippen LogP contribution in [0.1, 0.15) is 21.8 Å². The van der Waals surface area contributed by atoms with Gasteiger partial charge in [0, 0.05) is 11.6 Å². The normalized spacial score (nSPS) is 10.1. The van der Waals surface area contributed by atoms with E-state index in [4.69, 9.17) is 4.52 Å². The molecule has 1 aromatic carbocycles. The minimum absolute atomic E-state index is 0.0788. The maximum Gasteiger partial charge on any atom is 0.251 e. The molecule has 1 aromatic heterocycles. The average molecular weight is 273 g/mol. The van der Waals surface area contributed by atoms with Gasteiger partial charge in [0.1, 0.15) is 11.5 Å². The van der Waals surface area contributed by atoms with Gasteiger partial charge in [-0.1, -0.05) is 23.4 Å². The number of aromatic nitrogens is 1. The molecule has 2 N–H and O–H groups in total. The highest BCUT2D eigenvalue weighted by atomic mass is 16.5. The predicted molar refractivity (Wildman–Crippen MR) is 71.9 cm³/mol. The Kier molecular flexibility index (Phi) is 4.49. The Labute approximate surface area is 116 Å². The van der Waals surface area contributed by atoms with Gasteiger partial charge in [0.05, 0.1) is 13.1 Å². The maximum absolute atomic E-state index is 11.7. The van der Waals surface area contributed by atoms with E-state index in [-0.39, 0.29) is 24.9 Å². The quantitative estimate of drug-likeness (QED) is 0.852. The van der Waals surface area contributed by atoms with Crippen molar-refractivity contribution in [1.82, 2.24) is 15.8 Å². The summed E-state index contributed by atoms with van der Waals surface area (Å²) in [7, 11) is 0. The zero-order valence-electron chi connectivity index (χ0n) is 11.1. The largest absolute Gasteiger partial charge is 0.361 e. The van der Waals surface area contributed by atoms with Crippen molar-refractivity contribution < 1.29 is 14.1 Å². The Morgan fingerprint density at radius 2 is 1.95 bits per heavy atom. The van der Waals surface area contributed by atoms with Crippen LogP contribution in [0.4, 0.5) is 0 Å². The van der Waals surface area contributed by atoms with Crippen LogP contribution in [0.3, 0.4) is 0 Å². The summed E-state index contributed by atoms with van der Waals surface area (Å²) in [5.41, 5.74) is 1.16. The fourth-order valence-corrected chi connectivity index (χ4v) is 1.61. The predicted octanol–water partition coefficient (Wildman–Crippen LogP) is 1.03. The number of benzene rings is 1. The van der Waals surface area contributed by atoms with Gasteiger partial charge >= 0.3 is 0 Å². The molecular formula is C14H15N3O3. The Morgan fingerprint density at radius 3 is 2.60 bits per heavy atom. The van der Waals surface area contributed by atoms with Crippen molar-refractivity contribution in [2.45, 2.75) is 13.5 Å². The molecule has 104 valence electrons. The van der Waals surface area contributed by atoms with Crippen LogP contribution in [0.5, 0.6) is 0 Å². The van der Waals surface area contributed by atoms with Gasteiger partial charge in [-0.05, 0) is 19.1 Å². The van der Waals surface area contributed by atoms with E-state index < -0.39 is 0 Å². The van der Waals surface area contributed by atoms with Crippen LogP contribution in [0, 0.1) is 6.92 Å². The van der Waals surface area contributed by atoms with Gasteiger partial charge in [-0.2, -0.15) is 0 Å². The summed E-state index contributed by atoms with van der Waals surface area (Å²) in [5, 5.41) is 8.94. The van der Waals surface area contributed by atoms with E-state index in [1.807, 2.05) is 6.07 Å². The lowest BCUT2D eigenvalue weighted by molar-refractivity contribution is -0.120. The topological polar surface area (TPSA) is 84.2 Å². The van der Waals surface area contributed by atoms with Gasteiger partial charge in [0.2, 0.25) is 5.91 Å². The fraction of sp³-hybridized carbons (Fsp3) is 0.214. The lowest BCUT2D eigenvalue weighted by Gasteiger charge is -2.05. The monoisotopic (exact) mass is 273 g/mol. The molecule has 0 saturated heterocycles. The van der Waals surface area contributed by atoms with Crippen LogP contribution >= 0.6 is 0 Å². The molecule has 0 aliphatic heterocycles. The van der Waals surface area contributed by atoms with Crippen molar-refractivity contribution >= 4 is 11.8 Å². The first-order chi connectivity index (χ1) is 9.65. The first-order valence-electron chi connectivity index (χ1n) is 6.17. The van der Waals surface area contributed by atoms with Crippen molar-refractivity contribution in [3.05, 3.63) is 53.4 Å². The first kappa shape index (κ1) is 13.8. The third kappa shape index (κ3) is 3.94. The molecular weight excluding hydrogens is 258 g/mol. The van der Waals surface area contributed by atoms with Gasteiger partial charge < -0.3 is 15.2 Å². The number of carbonyl (C=O) groups excluding carboxylic acids is 2. The van der Waals surface area contributed by atoms with Crippen LogP contribution in [0.2, 0.25) is 0 Å². The van der Waals surface area contributed by atoms with Gasteiger partial charge in [-0.3, -0.25) is 9.59 Å². The molecule has 2 amide bonds. The van der Waals surface area contributed by atoms with Crippen LogP contribution in [-0.2, 0) is 11.3 Å². The molecule has 0 bridgehead atoms. The molecule has 1 heterocycles. The Bertz CT molecular complexity index is 593. The van der Waals surface area contributed by atoms with Crippen molar-refractivity contribution in [2.24, 2.45) is 0 Å². The second-order valence-electron chi connectivity index (χ2n) is 4.25. The highest BCUT2D eigenvalue weighted by molar-refractivity contribution is 5.96. The third-order valence-electron chi connectivity index (χ3n) is 2.59. The molecule has 2 aromatic rings. The van der Waals surface area contributed by atoms with E-state index in [1.54, 1.807) is 37.3 Å². The van der Waals surface area contributed by atoms with E-state index >= 15 is 0 Å². The van der Waals surface area contributed by atoms with Crippen LogP contribution < -0.4 is 10.6 Å². The summed E-state index contributed by atoms with van der Waals surface area (Å²) in [6, 6.07) is 10.5. The molecule has 6 nitrogen and oxygen atoms in total. The Balaban J connectivity index is 1.74. The molecule has 0 aliphatic carbocycles. The molecule has 0 atom stereocenters. The lowest BCUT2D eigenvalue weighted by Crippen LogP contribution is -2.36. The van der Waals surface area contributed by atoms with Gasteiger partial charge in [0.25, 0.3) is 5.91 Å². The second kappa shape index (κ2) is 6.51. The molecule has 0 spiro atoms. The number of aryl methyl sites for hydroxylation is 1. The van der Waals surface area contributed by atoms with Gasteiger partial charge in [-0.15, -0.1) is 0 Å². The molecule has 2 rings (SSSR count). The molecule has 0 unspecified atom stereocenters. The zero-order valence-corrected chi connectivity index (χ0v) is 11.1. The van der Waals surface area contributed by atoms with Crippen molar-refractivity contribution in [3.8, 4) is 0 Å². The highest BCUT2D eigenvalue weighted by Crippen LogP contribution is 2.00. The summed E-state index contributed by atoms with van der Waals surface area (Å²) in [6.45, 7) is 1.97. The van der Waals surface area contributed by atoms with Crippen molar-refractivity contribution in [2.75, 3.05) is 6.54 Å². The van der Waals surface area contributed by atoms with Crippen molar-refractivity contribution in [1.29, 1.82) is 0 Å². The molecule has 6 heteroatoms. The number of hydrogen-bond donors (Lipinski definition) is 2. The fourth-order valence-electron chi connectivity index (χ4n) is 1.61. The SMILES string of the molecule is Cc1cc(CNC(=O)CNC(=O)c2ccccc2)no1. The van der Waals surface area contributed by atoms with E-state index in [0.29, 0.717) is 17.0 Å². The third-order valence-corrected chi connectivity index (χ3v) is 2.59. The summed E-state index contributed by atoms with van der Waals surface area (Å²) < 4.78 is 4.88. The van der Waals surface area contributed by atoms with Crippen LogP contribution in [0.25, 0.3) is 0 Å². The van der Waals surface area contributed by atoms with Gasteiger partial charge in [0.15, 0.2) is 0 Å². The number of nitrogens with one attached hydrogen (secondary N) is 2. The van der Waals surface area contributed by atoms with Gasteiger partial charge in [-0.25, -0.2) is 0 Å². The zero-order chi connectivity index (χ0) is 14.4. The lowest BCUT2D eigenvalue weighted by atomic mass is 10.2. The standard InChI is InChI=1S/C14H15N3O3/c1-10-7-12(17-20-10)8-15-13(18)9-16-14(19)11-5-3-2-4-6-11/h2-7H,8-9H2,1H3,(H,15,18)(H,16,19). The molecule has 0 saturated carbocycles. The summed E-state index contributed by atoms with van der Waals surface area (Å²) in [6.07, 6.45) is 0. The summed E-state index contributed by atoms with van der Waals surface area (Å²) >= 11 is 0. The number of amides is 2. The Hall–Kier alpha value is -2.63. The Morgan fingerprint density at radius 1 is 1.20 bits per heavy atom. The highest BCUT2D eigenvalue weighted by Gasteiger charge is 2.08. The smallest absolute Gasteiger partial charge is 0.251 e. The molecule has 20 heavy (non-hydrogen) atoms. The summed E-state index contributed by atoms with van der Waals surface area (Å²) in [5.74, 6) is 0.125. The number of nitrogens with zero attached hydrogens (tertiary/aromatic N) is 1. The van der Waals surface area contributed by atoms with E-state index in [1.165, 1.54) is 0 Å². The van der Waals surface area contributed by atoms with Crippen LogP contribution in [-0.4, -0.2) is 23.5 Å². The van der Waals surface area contributed by atoms with E-state index in [2.05, 4.69) is 15.8 Å². The van der Waals surface area contributed by atoms with Crippen LogP contribution in [0.15, 0.2) is 40.9 Å². The number of carbonyl (C=O) groups is 2. The molecule has 0 aliphatic rings. The number of rotatable bonds is 5. The van der Waals surface area contributed by atoms with Crippen molar-refractivity contribution in [3.63, 3.8) is 0 Å². The summed E-state index contributed by atoms with van der Waals surface area (Å²) in [4.78, 5) is 23.3. The van der Waals surface area contributed by atoms with E-state index in [9.17, 15) is 9.59 Å². The average Bonchev–Trinajstić information content (AvgIpc) is 2.89. The second-order valence-corrected chi connectivity index (χ2v) is 4.25. The first-order valence-corrected chi connectivity index (χ1v) is 6.17. The molecule has 0 fully saturated rings. The minimum atomic E-state index is -0.282. The minimum Gasteiger partial charge on any atom is -0.361 e. The number of hydrogen-bond acceptors (Lipinski definition) is 4. The molecule has 0 radical (unpaired) electrons. The maximum atomic E-state index is 11.7.